The lowest BCUT2D eigenvalue weighted by atomic mass is 10.1. The van der Waals surface area contributed by atoms with Crippen molar-refractivity contribution >= 4 is 40.6 Å². The zero-order valence-electron chi connectivity index (χ0n) is 17.2. The quantitative estimate of drug-likeness (QED) is 0.549. The molecule has 0 aromatic heterocycles. The van der Waals surface area contributed by atoms with Crippen molar-refractivity contribution in [3.05, 3.63) is 34.2 Å². The molecule has 0 bridgehead atoms. The molecule has 0 atom stereocenters. The van der Waals surface area contributed by atoms with Gasteiger partial charge in [-0.1, -0.05) is 6.07 Å². The molecule has 0 saturated carbocycles. The molecule has 2 aliphatic rings. The van der Waals surface area contributed by atoms with E-state index in [9.17, 15) is 14.4 Å². The molecule has 2 saturated heterocycles. The predicted molar refractivity (Wildman–Crippen MR) is 113 cm³/mol. The van der Waals surface area contributed by atoms with Crippen molar-refractivity contribution in [3.63, 3.8) is 0 Å². The highest BCUT2D eigenvalue weighted by Gasteiger charge is 2.37. The third kappa shape index (κ3) is 5.39. The summed E-state index contributed by atoms with van der Waals surface area (Å²) in [4.78, 5) is 40.3. The zero-order chi connectivity index (χ0) is 21.2. The Kier molecular flexibility index (Phi) is 6.33. The van der Waals surface area contributed by atoms with Gasteiger partial charge in [-0.2, -0.15) is 0 Å². The molecule has 0 radical (unpaired) electrons. The number of ether oxygens (including phenoxy) is 2. The van der Waals surface area contributed by atoms with Crippen LogP contribution in [0.25, 0.3) is 6.08 Å². The van der Waals surface area contributed by atoms with E-state index in [2.05, 4.69) is 4.90 Å². The van der Waals surface area contributed by atoms with E-state index in [4.69, 9.17) is 9.47 Å². The maximum Gasteiger partial charge on any atom is 0.326 e. The minimum Gasteiger partial charge on any atom is -0.459 e. The van der Waals surface area contributed by atoms with Gasteiger partial charge in [0.2, 0.25) is 0 Å². The van der Waals surface area contributed by atoms with E-state index in [0.29, 0.717) is 18.1 Å². The molecule has 7 nitrogen and oxygen atoms in total. The minimum atomic E-state index is -0.672. The van der Waals surface area contributed by atoms with Crippen LogP contribution in [0.1, 0.15) is 31.9 Å². The highest BCUT2D eigenvalue weighted by molar-refractivity contribution is 8.18. The molecule has 29 heavy (non-hydrogen) atoms. The first-order valence-corrected chi connectivity index (χ1v) is 10.4. The summed E-state index contributed by atoms with van der Waals surface area (Å²) in [7, 11) is 0. The fraction of sp³-hybridized carbons (Fsp3) is 0.476. The number of nitrogens with zero attached hydrogens (tertiary/aromatic N) is 2. The number of carbonyl (C=O) groups excluding carboxylic acids is 3. The minimum absolute atomic E-state index is 0.303. The van der Waals surface area contributed by atoms with Crippen molar-refractivity contribution in [2.24, 2.45) is 0 Å². The third-order valence-electron chi connectivity index (χ3n) is 4.45. The fourth-order valence-corrected chi connectivity index (χ4v) is 4.06. The molecule has 1 aromatic rings. The predicted octanol–water partition coefficient (Wildman–Crippen LogP) is 3.21. The van der Waals surface area contributed by atoms with Crippen LogP contribution in [0.3, 0.4) is 0 Å². The summed E-state index contributed by atoms with van der Waals surface area (Å²) in [6, 6.07) is 5.95. The Hall–Kier alpha value is -2.32. The standard InChI is InChI=1S/C21H26N2O5S/c1-14-11-15(5-6-16(14)22-7-9-27-10-8-22)12-17-19(25)23(20(26)29-17)13-18(24)28-21(2,3)4/h5-6,11-12H,7-10,13H2,1-4H3/b17-12+. The average Bonchev–Trinajstić information content (AvgIpc) is 2.88. The maximum atomic E-state index is 12.6. The molecule has 0 unspecified atom stereocenters. The van der Waals surface area contributed by atoms with Crippen molar-refractivity contribution < 1.29 is 23.9 Å². The Morgan fingerprint density at radius 2 is 1.93 bits per heavy atom. The van der Waals surface area contributed by atoms with Gasteiger partial charge in [0, 0.05) is 18.8 Å². The first-order chi connectivity index (χ1) is 13.6. The van der Waals surface area contributed by atoms with E-state index < -0.39 is 22.7 Å². The van der Waals surface area contributed by atoms with Crippen molar-refractivity contribution in [1.29, 1.82) is 0 Å². The van der Waals surface area contributed by atoms with E-state index >= 15 is 0 Å². The smallest absolute Gasteiger partial charge is 0.326 e. The summed E-state index contributed by atoms with van der Waals surface area (Å²) in [5.74, 6) is -1.08. The average molecular weight is 419 g/mol. The number of anilines is 1. The van der Waals surface area contributed by atoms with Gasteiger partial charge in [-0.15, -0.1) is 0 Å². The second-order valence-electron chi connectivity index (χ2n) is 8.00. The lowest BCUT2D eigenvalue weighted by Crippen LogP contribution is -2.37. The van der Waals surface area contributed by atoms with E-state index in [1.807, 2.05) is 25.1 Å². The molecule has 156 valence electrons. The van der Waals surface area contributed by atoms with Gasteiger partial charge in [-0.25, -0.2) is 0 Å². The van der Waals surface area contributed by atoms with Gasteiger partial charge in [-0.3, -0.25) is 19.3 Å². The van der Waals surface area contributed by atoms with Crippen LogP contribution in [-0.2, 0) is 19.1 Å². The van der Waals surface area contributed by atoms with Gasteiger partial charge in [0.25, 0.3) is 11.1 Å². The molecule has 2 heterocycles. The summed E-state index contributed by atoms with van der Waals surface area (Å²) >= 11 is 0.839. The third-order valence-corrected chi connectivity index (χ3v) is 5.36. The van der Waals surface area contributed by atoms with Gasteiger partial charge in [0.1, 0.15) is 12.1 Å². The van der Waals surface area contributed by atoms with E-state index in [1.165, 1.54) is 0 Å². The van der Waals surface area contributed by atoms with Crippen molar-refractivity contribution in [3.8, 4) is 0 Å². The number of rotatable bonds is 4. The van der Waals surface area contributed by atoms with Crippen LogP contribution in [0.15, 0.2) is 23.1 Å². The second-order valence-corrected chi connectivity index (χ2v) is 8.99. The number of esters is 1. The summed E-state index contributed by atoms with van der Waals surface area (Å²) in [6.07, 6.45) is 1.69. The fourth-order valence-electron chi connectivity index (χ4n) is 3.22. The van der Waals surface area contributed by atoms with E-state index in [-0.39, 0.29) is 6.54 Å². The Balaban J connectivity index is 1.72. The molecular weight excluding hydrogens is 392 g/mol. The van der Waals surface area contributed by atoms with Crippen LogP contribution >= 0.6 is 11.8 Å². The highest BCUT2D eigenvalue weighted by atomic mass is 32.2. The van der Waals surface area contributed by atoms with Crippen LogP contribution < -0.4 is 4.90 Å². The number of morpholine rings is 1. The van der Waals surface area contributed by atoms with E-state index in [1.54, 1.807) is 26.8 Å². The lowest BCUT2D eigenvalue weighted by molar-refractivity contribution is -0.156. The van der Waals surface area contributed by atoms with Crippen molar-refractivity contribution in [1.82, 2.24) is 4.90 Å². The highest BCUT2D eigenvalue weighted by Crippen LogP contribution is 2.33. The molecule has 8 heteroatoms. The SMILES string of the molecule is Cc1cc(/C=C2/SC(=O)N(CC(=O)OC(C)(C)C)C2=O)ccc1N1CCOCC1. The molecule has 1 aromatic carbocycles. The zero-order valence-corrected chi connectivity index (χ0v) is 18.0. The van der Waals surface area contributed by atoms with E-state index in [0.717, 1.165) is 46.6 Å². The number of carbonyl (C=O) groups is 3. The molecule has 2 aliphatic heterocycles. The molecular formula is C21H26N2O5S. The first kappa shape index (κ1) is 21.4. The van der Waals surface area contributed by atoms with Crippen LogP contribution in [0, 0.1) is 6.92 Å². The lowest BCUT2D eigenvalue weighted by Gasteiger charge is -2.30. The molecule has 3 rings (SSSR count). The van der Waals surface area contributed by atoms with Gasteiger partial charge in [0.15, 0.2) is 0 Å². The Bertz CT molecular complexity index is 853. The van der Waals surface area contributed by atoms with Crippen LogP contribution in [-0.4, -0.2) is 60.5 Å². The van der Waals surface area contributed by atoms with Gasteiger partial charge >= 0.3 is 5.97 Å². The van der Waals surface area contributed by atoms with Gasteiger partial charge in [0.05, 0.1) is 18.1 Å². The largest absolute Gasteiger partial charge is 0.459 e. The van der Waals surface area contributed by atoms with Crippen LogP contribution in [0.5, 0.6) is 0 Å². The Morgan fingerprint density at radius 1 is 1.24 bits per heavy atom. The molecule has 2 amide bonds. The second kappa shape index (κ2) is 8.59. The maximum absolute atomic E-state index is 12.6. The molecule has 2 fully saturated rings. The molecule has 0 aliphatic carbocycles. The monoisotopic (exact) mass is 418 g/mol. The number of aryl methyl sites for hydroxylation is 1. The summed E-state index contributed by atoms with van der Waals surface area (Å²) in [5.41, 5.74) is 2.40. The summed E-state index contributed by atoms with van der Waals surface area (Å²) in [5, 5.41) is -0.464. The number of hydrogen-bond donors (Lipinski definition) is 0. The number of hydrogen-bond acceptors (Lipinski definition) is 7. The summed E-state index contributed by atoms with van der Waals surface area (Å²) < 4.78 is 10.6. The molecule has 0 spiro atoms. The number of imide groups is 1. The molecule has 0 N–H and O–H groups in total. The normalized spacial score (nSPS) is 19.2. The number of benzene rings is 1. The van der Waals surface area contributed by atoms with Crippen LogP contribution in [0.4, 0.5) is 10.5 Å². The van der Waals surface area contributed by atoms with Crippen molar-refractivity contribution in [2.45, 2.75) is 33.3 Å². The van der Waals surface area contributed by atoms with Crippen LogP contribution in [0.2, 0.25) is 0 Å². The van der Waals surface area contributed by atoms with Gasteiger partial charge < -0.3 is 14.4 Å². The topological polar surface area (TPSA) is 76.2 Å². The Morgan fingerprint density at radius 3 is 2.55 bits per heavy atom. The summed E-state index contributed by atoms with van der Waals surface area (Å²) in [6.45, 7) is 9.99. The van der Waals surface area contributed by atoms with Crippen molar-refractivity contribution in [2.75, 3.05) is 37.7 Å². The first-order valence-electron chi connectivity index (χ1n) is 9.54. The Labute approximate surface area is 175 Å². The number of thioether (sulfide) groups is 1. The number of amides is 2. The van der Waals surface area contributed by atoms with Gasteiger partial charge in [-0.05, 0) is 68.8 Å².